The van der Waals surface area contributed by atoms with Gasteiger partial charge in [0, 0.05) is 6.42 Å². The van der Waals surface area contributed by atoms with Crippen molar-refractivity contribution in [3.05, 3.63) is 35.9 Å². The van der Waals surface area contributed by atoms with Crippen LogP contribution in [0, 0.1) is 0 Å². The number of hydrogen-bond donors (Lipinski definition) is 2. The number of amides is 2. The Morgan fingerprint density at radius 2 is 1.85 bits per heavy atom. The lowest BCUT2D eigenvalue weighted by molar-refractivity contribution is -0.160. The molecule has 1 aromatic carbocycles. The van der Waals surface area contributed by atoms with E-state index in [2.05, 4.69) is 33.9 Å². The number of hydrogen-bond acceptors (Lipinski definition) is 3. The highest BCUT2D eigenvalue weighted by atomic mass is 28.3. The molecule has 0 unspecified atom stereocenters. The van der Waals surface area contributed by atoms with E-state index < -0.39 is 32.0 Å². The van der Waals surface area contributed by atoms with E-state index >= 15 is 0 Å². The number of carbonyl (C=O) groups is 2. The zero-order chi connectivity index (χ0) is 19.5. The standard InChI is InChI=1S/C19H28N2O4Si/c1-18(2,3)26(4,5)21-15-14(22)12-20(17(24)25)19(15,16(21)23)11-13-9-7-6-8-10-13/h6-10,14-15,22H,11-12H2,1-5H3,(H,24,25)/t14-,15+,19-/m0/s1. The van der Waals surface area contributed by atoms with Crippen molar-refractivity contribution >= 4 is 20.2 Å². The summed E-state index contributed by atoms with van der Waals surface area (Å²) in [5, 5.41) is 20.4. The molecule has 0 aromatic heterocycles. The zero-order valence-corrected chi connectivity index (χ0v) is 17.1. The fourth-order valence-corrected chi connectivity index (χ4v) is 6.72. The summed E-state index contributed by atoms with van der Waals surface area (Å²) in [7, 11) is -2.24. The van der Waals surface area contributed by atoms with E-state index in [1.807, 2.05) is 34.9 Å². The number of β-amino-alcohol motifs (C(OH)–C–C–N with tert-alkyl or cyclic N) is 1. The van der Waals surface area contributed by atoms with E-state index in [9.17, 15) is 19.8 Å². The maximum Gasteiger partial charge on any atom is 0.408 e. The number of fused-ring (bicyclic) bond motifs is 1. The predicted molar refractivity (Wildman–Crippen MR) is 101 cm³/mol. The van der Waals surface area contributed by atoms with Gasteiger partial charge in [0.1, 0.15) is 0 Å². The maximum absolute atomic E-state index is 13.5. The maximum atomic E-state index is 13.5. The van der Waals surface area contributed by atoms with Crippen molar-refractivity contribution in [3.8, 4) is 0 Å². The van der Waals surface area contributed by atoms with Gasteiger partial charge in [-0.3, -0.25) is 9.69 Å². The molecule has 1 aromatic rings. The van der Waals surface area contributed by atoms with Crippen LogP contribution in [0.3, 0.4) is 0 Å². The topological polar surface area (TPSA) is 81.1 Å². The fraction of sp³-hybridized carbons (Fsp3) is 0.579. The van der Waals surface area contributed by atoms with Crippen molar-refractivity contribution in [2.75, 3.05) is 6.54 Å². The molecule has 2 aliphatic rings. The monoisotopic (exact) mass is 376 g/mol. The largest absolute Gasteiger partial charge is 0.465 e. The van der Waals surface area contributed by atoms with Gasteiger partial charge in [-0.05, 0) is 10.6 Å². The smallest absolute Gasteiger partial charge is 0.408 e. The number of likely N-dealkylation sites (tertiary alicyclic amines) is 1. The van der Waals surface area contributed by atoms with Crippen molar-refractivity contribution in [2.24, 2.45) is 0 Å². The number of carbonyl (C=O) groups excluding carboxylic acids is 1. The van der Waals surface area contributed by atoms with Crippen molar-refractivity contribution in [1.29, 1.82) is 0 Å². The van der Waals surface area contributed by atoms with E-state index in [-0.39, 0.29) is 17.5 Å². The van der Waals surface area contributed by atoms with Crippen molar-refractivity contribution in [3.63, 3.8) is 0 Å². The zero-order valence-electron chi connectivity index (χ0n) is 16.1. The van der Waals surface area contributed by atoms with Gasteiger partial charge in [-0.1, -0.05) is 64.2 Å². The normalized spacial score (nSPS) is 28.8. The van der Waals surface area contributed by atoms with Crippen LogP contribution in [0.25, 0.3) is 0 Å². The number of benzene rings is 1. The van der Waals surface area contributed by atoms with Crippen LogP contribution in [0.2, 0.25) is 18.1 Å². The van der Waals surface area contributed by atoms with Crippen LogP contribution in [0.5, 0.6) is 0 Å². The SMILES string of the molecule is CC(C)(C)[Si](C)(C)N1C(=O)[C@]2(Cc3ccccc3)[C@H]1[C@@H](O)CN2C(=O)O. The second-order valence-corrected chi connectivity index (χ2v) is 14.1. The molecule has 2 fully saturated rings. The van der Waals surface area contributed by atoms with Crippen LogP contribution >= 0.6 is 0 Å². The lowest BCUT2D eigenvalue weighted by Crippen LogP contribution is -2.84. The summed E-state index contributed by atoms with van der Waals surface area (Å²) in [6.07, 6.45) is -1.71. The van der Waals surface area contributed by atoms with Crippen LogP contribution in [0.1, 0.15) is 26.3 Å². The highest BCUT2D eigenvalue weighted by Gasteiger charge is 2.74. The number of β-lactam (4-membered cyclic amide) rings is 1. The number of aliphatic hydroxyl groups is 1. The van der Waals surface area contributed by atoms with Crippen LogP contribution in [-0.4, -0.2) is 64.1 Å². The quantitative estimate of drug-likeness (QED) is 0.627. The lowest BCUT2D eigenvalue weighted by atomic mass is 9.76. The third kappa shape index (κ3) is 2.40. The van der Waals surface area contributed by atoms with Crippen LogP contribution in [0.4, 0.5) is 4.79 Å². The predicted octanol–water partition coefficient (Wildman–Crippen LogP) is 2.54. The number of rotatable bonds is 3. The minimum atomic E-state index is -2.24. The molecule has 2 saturated heterocycles. The summed E-state index contributed by atoms with van der Waals surface area (Å²) >= 11 is 0. The van der Waals surface area contributed by atoms with Crippen molar-refractivity contribution in [2.45, 2.75) is 63.0 Å². The van der Waals surface area contributed by atoms with Crippen LogP contribution < -0.4 is 0 Å². The summed E-state index contributed by atoms with van der Waals surface area (Å²) in [6, 6.07) is 8.98. The summed E-state index contributed by atoms with van der Waals surface area (Å²) in [6.45, 7) is 10.5. The molecule has 7 heteroatoms. The van der Waals surface area contributed by atoms with Gasteiger partial charge in [-0.25, -0.2) is 4.79 Å². The lowest BCUT2D eigenvalue weighted by Gasteiger charge is -2.63. The summed E-state index contributed by atoms with van der Waals surface area (Å²) in [4.78, 5) is 26.5. The summed E-state index contributed by atoms with van der Waals surface area (Å²) < 4.78 is 1.85. The molecule has 142 valence electrons. The first kappa shape index (κ1) is 18.9. The Labute approximate surface area is 155 Å². The van der Waals surface area contributed by atoms with Gasteiger partial charge in [-0.15, -0.1) is 0 Å². The highest BCUT2D eigenvalue weighted by Crippen LogP contribution is 2.52. The van der Waals surface area contributed by atoms with E-state index in [1.165, 1.54) is 4.90 Å². The summed E-state index contributed by atoms with van der Waals surface area (Å²) in [5.41, 5.74) is -0.289. The van der Waals surface area contributed by atoms with Crippen molar-refractivity contribution in [1.82, 2.24) is 9.47 Å². The molecule has 6 nitrogen and oxygen atoms in total. The van der Waals surface area contributed by atoms with Gasteiger partial charge >= 0.3 is 6.09 Å². The molecule has 26 heavy (non-hydrogen) atoms. The van der Waals surface area contributed by atoms with E-state index in [4.69, 9.17) is 0 Å². The number of carboxylic acid groups (broad SMARTS) is 1. The Kier molecular flexibility index (Phi) is 4.23. The van der Waals surface area contributed by atoms with E-state index in [0.29, 0.717) is 6.42 Å². The Morgan fingerprint density at radius 1 is 1.27 bits per heavy atom. The molecule has 0 radical (unpaired) electrons. The van der Waals surface area contributed by atoms with E-state index in [1.54, 1.807) is 0 Å². The number of nitrogens with zero attached hydrogens (tertiary/aromatic N) is 2. The third-order valence-electron chi connectivity index (χ3n) is 6.56. The Balaban J connectivity index is 2.07. The first-order chi connectivity index (χ1) is 11.9. The van der Waals surface area contributed by atoms with Crippen molar-refractivity contribution < 1.29 is 19.8 Å². The van der Waals surface area contributed by atoms with Crippen LogP contribution in [-0.2, 0) is 11.2 Å². The molecule has 0 spiro atoms. The van der Waals surface area contributed by atoms with Gasteiger partial charge in [0.2, 0.25) is 5.91 Å². The number of aliphatic hydroxyl groups excluding tert-OH is 1. The fourth-order valence-electron chi connectivity index (χ4n) is 4.22. The second-order valence-electron chi connectivity index (χ2n) is 8.98. The average molecular weight is 377 g/mol. The van der Waals surface area contributed by atoms with Gasteiger partial charge in [0.15, 0.2) is 13.8 Å². The minimum Gasteiger partial charge on any atom is -0.465 e. The summed E-state index contributed by atoms with van der Waals surface area (Å²) in [5.74, 6) is -0.156. The molecule has 3 atom stereocenters. The molecular formula is C19H28N2O4Si. The highest BCUT2D eigenvalue weighted by molar-refractivity contribution is 6.80. The average Bonchev–Trinajstić information content (AvgIpc) is 2.77. The molecule has 0 bridgehead atoms. The first-order valence-electron chi connectivity index (χ1n) is 9.01. The van der Waals surface area contributed by atoms with E-state index in [0.717, 1.165) is 5.56 Å². The molecule has 2 aliphatic heterocycles. The molecule has 2 heterocycles. The molecule has 2 N–H and O–H groups in total. The first-order valence-corrected chi connectivity index (χ1v) is 12.0. The Hall–Kier alpha value is -1.86. The molecular weight excluding hydrogens is 348 g/mol. The Morgan fingerprint density at radius 3 is 2.35 bits per heavy atom. The molecule has 2 amide bonds. The molecule has 3 rings (SSSR count). The van der Waals surface area contributed by atoms with Gasteiger partial charge in [-0.2, -0.15) is 0 Å². The molecule has 0 saturated carbocycles. The molecule has 0 aliphatic carbocycles. The third-order valence-corrected chi connectivity index (χ3v) is 11.9. The second kappa shape index (κ2) is 5.82. The van der Waals surface area contributed by atoms with Crippen LogP contribution in [0.15, 0.2) is 30.3 Å². The minimum absolute atomic E-state index is 0.0241. The van der Waals surface area contributed by atoms with Gasteiger partial charge in [0.05, 0.1) is 18.7 Å². The Bertz CT molecular complexity index is 731. The van der Waals surface area contributed by atoms with Gasteiger partial charge < -0.3 is 14.8 Å². The van der Waals surface area contributed by atoms with Gasteiger partial charge in [0.25, 0.3) is 0 Å².